The fourth-order valence-electron chi connectivity index (χ4n) is 1.99. The number of hydrogen-bond donors (Lipinski definition) is 1. The first-order valence-corrected chi connectivity index (χ1v) is 6.58. The first kappa shape index (κ1) is 12.0. The van der Waals surface area contributed by atoms with Crippen LogP contribution in [-0.4, -0.2) is 36.6 Å². The van der Waals surface area contributed by atoms with Gasteiger partial charge in [0.2, 0.25) is 0 Å². The third-order valence-electron chi connectivity index (χ3n) is 2.95. The van der Waals surface area contributed by atoms with Crippen LogP contribution in [0.15, 0.2) is 16.3 Å². The molecular weight excluding hydrogens is 242 g/mol. The maximum Gasteiger partial charge on any atom is 0.264 e. The van der Waals surface area contributed by atoms with E-state index in [0.29, 0.717) is 0 Å². The van der Waals surface area contributed by atoms with Crippen LogP contribution in [0.5, 0.6) is 0 Å². The number of rotatable bonds is 2. The van der Waals surface area contributed by atoms with Crippen molar-refractivity contribution in [3.63, 3.8) is 0 Å². The van der Waals surface area contributed by atoms with Crippen LogP contribution in [0, 0.1) is 0 Å². The molecule has 16 heavy (non-hydrogen) atoms. The summed E-state index contributed by atoms with van der Waals surface area (Å²) in [5, 5.41) is 1.87. The minimum Gasteiger partial charge on any atom is -0.376 e. The quantitative estimate of drug-likeness (QED) is 0.824. The average Bonchev–Trinajstić information content (AvgIpc) is 2.85. The molecule has 1 fully saturated rings. The lowest BCUT2D eigenvalue weighted by Gasteiger charge is -2.26. The Hall–Kier alpha value is -0.520. The van der Waals surface area contributed by atoms with E-state index in [1.54, 1.807) is 4.90 Å². The van der Waals surface area contributed by atoms with Crippen molar-refractivity contribution in [2.24, 2.45) is 0 Å². The fourth-order valence-corrected chi connectivity index (χ4v) is 3.12. The number of carbonyl (C=O) groups excluding carboxylic acids is 1. The molecule has 2 heterocycles. The van der Waals surface area contributed by atoms with Crippen molar-refractivity contribution in [1.82, 2.24) is 4.90 Å². The van der Waals surface area contributed by atoms with Crippen LogP contribution >= 0.6 is 24.0 Å². The largest absolute Gasteiger partial charge is 0.376 e. The Balaban J connectivity index is 2.10. The van der Waals surface area contributed by atoms with Gasteiger partial charge in [-0.15, -0.1) is 24.0 Å². The Morgan fingerprint density at radius 3 is 2.94 bits per heavy atom. The predicted octanol–water partition coefficient (Wildman–Crippen LogP) is 2.29. The highest BCUT2D eigenvalue weighted by Gasteiger charge is 2.31. The predicted molar refractivity (Wildman–Crippen MR) is 67.5 cm³/mol. The Kier molecular flexibility index (Phi) is 3.56. The minimum absolute atomic E-state index is 0.0626. The molecule has 1 aromatic heterocycles. The third kappa shape index (κ3) is 2.26. The summed E-state index contributed by atoms with van der Waals surface area (Å²) in [6.07, 6.45) is 1.05. The van der Waals surface area contributed by atoms with Gasteiger partial charge >= 0.3 is 0 Å². The van der Waals surface area contributed by atoms with Gasteiger partial charge in [-0.2, -0.15) is 0 Å². The molecule has 5 heteroatoms. The van der Waals surface area contributed by atoms with Gasteiger partial charge in [-0.1, -0.05) is 0 Å². The number of thiol groups is 1. The van der Waals surface area contributed by atoms with E-state index in [1.165, 1.54) is 11.3 Å². The molecule has 2 atom stereocenters. The van der Waals surface area contributed by atoms with Crippen molar-refractivity contribution >= 4 is 29.9 Å². The Labute approximate surface area is 105 Å². The molecule has 2 unspecified atom stereocenters. The van der Waals surface area contributed by atoms with E-state index < -0.39 is 0 Å². The van der Waals surface area contributed by atoms with Crippen molar-refractivity contribution < 1.29 is 9.53 Å². The van der Waals surface area contributed by atoms with Crippen LogP contribution in [0.25, 0.3) is 0 Å². The smallest absolute Gasteiger partial charge is 0.264 e. The second-order valence-electron chi connectivity index (χ2n) is 4.02. The zero-order chi connectivity index (χ0) is 11.7. The highest BCUT2D eigenvalue weighted by Crippen LogP contribution is 2.23. The van der Waals surface area contributed by atoms with Gasteiger partial charge < -0.3 is 9.64 Å². The normalized spacial score (nSPS) is 24.7. The molecule has 0 aliphatic carbocycles. The molecule has 1 aliphatic rings. The van der Waals surface area contributed by atoms with Gasteiger partial charge in [-0.3, -0.25) is 4.79 Å². The summed E-state index contributed by atoms with van der Waals surface area (Å²) in [7, 11) is 1.84. The summed E-state index contributed by atoms with van der Waals surface area (Å²) in [6, 6.07) is 2.01. The first-order chi connectivity index (χ1) is 7.59. The van der Waals surface area contributed by atoms with Crippen molar-refractivity contribution in [3.05, 3.63) is 16.3 Å². The topological polar surface area (TPSA) is 29.5 Å². The molecule has 88 valence electrons. The number of ether oxygens (including phenoxy) is 1. The lowest BCUT2D eigenvalue weighted by molar-refractivity contribution is 0.0578. The number of thiophene rings is 1. The molecule has 3 nitrogen and oxygen atoms in total. The summed E-state index contributed by atoms with van der Waals surface area (Å²) in [6.45, 7) is 2.76. The highest BCUT2D eigenvalue weighted by molar-refractivity contribution is 7.80. The zero-order valence-corrected chi connectivity index (χ0v) is 11.1. The van der Waals surface area contributed by atoms with Gasteiger partial charge in [-0.05, 0) is 19.4 Å². The molecule has 1 aliphatic heterocycles. The van der Waals surface area contributed by atoms with Crippen LogP contribution in [-0.2, 0) is 4.74 Å². The fraction of sp³-hybridized carbons (Fsp3) is 0.545. The van der Waals surface area contributed by atoms with E-state index in [-0.39, 0.29) is 18.1 Å². The van der Waals surface area contributed by atoms with E-state index in [1.807, 2.05) is 25.4 Å². The van der Waals surface area contributed by atoms with Crippen LogP contribution in [0.1, 0.15) is 23.0 Å². The van der Waals surface area contributed by atoms with Crippen LogP contribution < -0.4 is 0 Å². The number of amides is 1. The number of nitrogens with zero attached hydrogens (tertiary/aromatic N) is 1. The molecule has 0 aromatic carbocycles. The molecule has 0 bridgehead atoms. The highest BCUT2D eigenvalue weighted by atomic mass is 32.1. The van der Waals surface area contributed by atoms with Crippen LogP contribution in [0.2, 0.25) is 0 Å². The standard InChI is InChI=1S/C11H15NO2S2/c1-7-9(3-4-14-7)12(2)11(13)10-5-8(15)6-16-10/h5-7,9,15H,3-4H2,1-2H3. The minimum atomic E-state index is 0.0626. The summed E-state index contributed by atoms with van der Waals surface area (Å²) in [5.74, 6) is 0.0626. The van der Waals surface area contributed by atoms with Crippen LogP contribution in [0.3, 0.4) is 0 Å². The number of carbonyl (C=O) groups is 1. The van der Waals surface area contributed by atoms with Gasteiger partial charge in [0.25, 0.3) is 5.91 Å². The van der Waals surface area contributed by atoms with E-state index in [2.05, 4.69) is 12.6 Å². The summed E-state index contributed by atoms with van der Waals surface area (Å²) >= 11 is 5.65. The van der Waals surface area contributed by atoms with Gasteiger partial charge in [0.15, 0.2) is 0 Å². The van der Waals surface area contributed by atoms with E-state index in [9.17, 15) is 4.79 Å². The van der Waals surface area contributed by atoms with Crippen LogP contribution in [0.4, 0.5) is 0 Å². The number of likely N-dealkylation sites (N-methyl/N-ethyl adjacent to an activating group) is 1. The van der Waals surface area contributed by atoms with Gasteiger partial charge in [0.05, 0.1) is 17.0 Å². The first-order valence-electron chi connectivity index (χ1n) is 5.26. The molecule has 1 aromatic rings. The average molecular weight is 257 g/mol. The van der Waals surface area contributed by atoms with Crippen molar-refractivity contribution in [3.8, 4) is 0 Å². The Bertz CT molecular complexity index is 391. The lowest BCUT2D eigenvalue weighted by Crippen LogP contribution is -2.40. The molecule has 0 saturated carbocycles. The molecule has 0 spiro atoms. The molecule has 1 saturated heterocycles. The van der Waals surface area contributed by atoms with E-state index >= 15 is 0 Å². The van der Waals surface area contributed by atoms with Gasteiger partial charge in [0, 0.05) is 23.9 Å². The van der Waals surface area contributed by atoms with E-state index in [4.69, 9.17) is 4.74 Å². The molecule has 0 radical (unpaired) electrons. The second-order valence-corrected chi connectivity index (χ2v) is 5.44. The number of hydrogen-bond acceptors (Lipinski definition) is 4. The SMILES string of the molecule is CC1OCCC1N(C)C(=O)c1cc(S)cs1. The third-order valence-corrected chi connectivity index (χ3v) is 4.30. The maximum absolute atomic E-state index is 12.1. The summed E-state index contributed by atoms with van der Waals surface area (Å²) in [5.41, 5.74) is 0. The van der Waals surface area contributed by atoms with Crippen molar-refractivity contribution in [2.45, 2.75) is 30.4 Å². The maximum atomic E-state index is 12.1. The molecule has 2 rings (SSSR count). The van der Waals surface area contributed by atoms with Crippen molar-refractivity contribution in [1.29, 1.82) is 0 Å². The monoisotopic (exact) mass is 257 g/mol. The summed E-state index contributed by atoms with van der Waals surface area (Å²) in [4.78, 5) is 15.5. The molecule has 0 N–H and O–H groups in total. The molecule has 1 amide bonds. The Morgan fingerprint density at radius 1 is 1.69 bits per heavy atom. The van der Waals surface area contributed by atoms with Crippen molar-refractivity contribution in [2.75, 3.05) is 13.7 Å². The summed E-state index contributed by atoms with van der Waals surface area (Å²) < 4.78 is 5.47. The molecular formula is C11H15NO2S2. The zero-order valence-electron chi connectivity index (χ0n) is 9.34. The van der Waals surface area contributed by atoms with Gasteiger partial charge in [0.1, 0.15) is 0 Å². The lowest BCUT2D eigenvalue weighted by atomic mass is 10.1. The van der Waals surface area contributed by atoms with Gasteiger partial charge in [-0.25, -0.2) is 0 Å². The van der Waals surface area contributed by atoms with E-state index in [0.717, 1.165) is 22.8 Å². The Morgan fingerprint density at radius 2 is 2.44 bits per heavy atom. The second kappa shape index (κ2) is 4.77.